The van der Waals surface area contributed by atoms with Crippen LogP contribution in [0.3, 0.4) is 0 Å². The summed E-state index contributed by atoms with van der Waals surface area (Å²) in [6.45, 7) is 0. The van der Waals surface area contributed by atoms with E-state index in [9.17, 15) is 0 Å². The molecule has 1 saturated carbocycles. The standard InChI is InChI=1S/C10H15N3/c1-2-4-9(5-3-1)13-10-8-11-6-7-12-10/h6-9H,1-5H2,(H,12,13). The van der Waals surface area contributed by atoms with Crippen molar-refractivity contribution < 1.29 is 0 Å². The Morgan fingerprint density at radius 3 is 2.69 bits per heavy atom. The van der Waals surface area contributed by atoms with E-state index in [-0.39, 0.29) is 0 Å². The molecule has 0 radical (unpaired) electrons. The summed E-state index contributed by atoms with van der Waals surface area (Å²) in [4.78, 5) is 8.22. The highest BCUT2D eigenvalue weighted by Gasteiger charge is 2.12. The summed E-state index contributed by atoms with van der Waals surface area (Å²) in [6, 6.07) is 0.616. The first kappa shape index (κ1) is 8.48. The monoisotopic (exact) mass is 177 g/mol. The molecule has 1 aliphatic rings. The van der Waals surface area contributed by atoms with Gasteiger partial charge in [0.2, 0.25) is 0 Å². The number of nitrogens with one attached hydrogen (secondary N) is 1. The molecule has 13 heavy (non-hydrogen) atoms. The molecule has 70 valence electrons. The third-order valence-electron chi connectivity index (χ3n) is 2.52. The van der Waals surface area contributed by atoms with E-state index in [1.807, 2.05) is 0 Å². The number of aromatic nitrogens is 2. The fourth-order valence-electron chi connectivity index (χ4n) is 1.83. The van der Waals surface area contributed by atoms with Gasteiger partial charge in [0.25, 0.3) is 0 Å². The van der Waals surface area contributed by atoms with Crippen LogP contribution in [0.1, 0.15) is 32.1 Å². The highest BCUT2D eigenvalue weighted by molar-refractivity contribution is 5.31. The average Bonchev–Trinajstić information content (AvgIpc) is 2.21. The van der Waals surface area contributed by atoms with E-state index in [0.29, 0.717) is 6.04 Å². The van der Waals surface area contributed by atoms with Crippen LogP contribution in [0.4, 0.5) is 5.82 Å². The van der Waals surface area contributed by atoms with Crippen LogP contribution in [0.2, 0.25) is 0 Å². The molecule has 1 aromatic rings. The third-order valence-corrected chi connectivity index (χ3v) is 2.52. The molecule has 3 heteroatoms. The molecule has 1 N–H and O–H groups in total. The molecule has 1 fully saturated rings. The molecule has 1 aromatic heterocycles. The van der Waals surface area contributed by atoms with Gasteiger partial charge in [0, 0.05) is 18.4 Å². The number of rotatable bonds is 2. The van der Waals surface area contributed by atoms with Gasteiger partial charge in [-0.15, -0.1) is 0 Å². The van der Waals surface area contributed by atoms with Crippen LogP contribution in [-0.4, -0.2) is 16.0 Å². The maximum Gasteiger partial charge on any atom is 0.144 e. The number of hydrogen-bond donors (Lipinski definition) is 1. The summed E-state index contributed by atoms with van der Waals surface area (Å²) in [5.41, 5.74) is 0. The number of hydrogen-bond acceptors (Lipinski definition) is 3. The Morgan fingerprint density at radius 1 is 1.15 bits per heavy atom. The second-order valence-corrected chi connectivity index (χ2v) is 3.57. The van der Waals surface area contributed by atoms with Crippen LogP contribution >= 0.6 is 0 Å². The van der Waals surface area contributed by atoms with Crippen LogP contribution < -0.4 is 5.32 Å². The Hall–Kier alpha value is -1.12. The van der Waals surface area contributed by atoms with Gasteiger partial charge >= 0.3 is 0 Å². The second kappa shape index (κ2) is 4.21. The zero-order chi connectivity index (χ0) is 8.93. The van der Waals surface area contributed by atoms with Crippen molar-refractivity contribution in [2.45, 2.75) is 38.1 Å². The van der Waals surface area contributed by atoms with Gasteiger partial charge in [-0.05, 0) is 12.8 Å². The summed E-state index contributed by atoms with van der Waals surface area (Å²) in [5, 5.41) is 3.41. The first-order valence-electron chi connectivity index (χ1n) is 4.98. The molecule has 0 aliphatic heterocycles. The minimum atomic E-state index is 0.616. The van der Waals surface area contributed by atoms with Crippen molar-refractivity contribution >= 4 is 5.82 Å². The van der Waals surface area contributed by atoms with Crippen LogP contribution in [-0.2, 0) is 0 Å². The Balaban J connectivity index is 1.90. The quantitative estimate of drug-likeness (QED) is 0.752. The molecule has 0 spiro atoms. The number of anilines is 1. The summed E-state index contributed by atoms with van der Waals surface area (Å²) in [5.74, 6) is 0.911. The maximum atomic E-state index is 4.20. The highest BCUT2D eigenvalue weighted by atomic mass is 15.0. The van der Waals surface area contributed by atoms with Gasteiger partial charge in [-0.2, -0.15) is 0 Å². The van der Waals surface area contributed by atoms with E-state index < -0.39 is 0 Å². The van der Waals surface area contributed by atoms with Gasteiger partial charge in [-0.1, -0.05) is 19.3 Å². The van der Waals surface area contributed by atoms with Crippen molar-refractivity contribution in [3.63, 3.8) is 0 Å². The predicted octanol–water partition coefficient (Wildman–Crippen LogP) is 2.22. The molecule has 0 aromatic carbocycles. The lowest BCUT2D eigenvalue weighted by molar-refractivity contribution is 0.462. The fraction of sp³-hybridized carbons (Fsp3) is 0.600. The Bertz CT molecular complexity index is 242. The predicted molar refractivity (Wildman–Crippen MR) is 52.5 cm³/mol. The van der Waals surface area contributed by atoms with Crippen molar-refractivity contribution in [2.75, 3.05) is 5.32 Å². The topological polar surface area (TPSA) is 37.8 Å². The lowest BCUT2D eigenvalue weighted by Gasteiger charge is -2.22. The summed E-state index contributed by atoms with van der Waals surface area (Å²) < 4.78 is 0. The number of nitrogens with zero attached hydrogens (tertiary/aromatic N) is 2. The van der Waals surface area contributed by atoms with Crippen molar-refractivity contribution in [1.82, 2.24) is 9.97 Å². The molecule has 0 amide bonds. The zero-order valence-electron chi connectivity index (χ0n) is 7.74. The van der Waals surface area contributed by atoms with E-state index in [2.05, 4.69) is 15.3 Å². The van der Waals surface area contributed by atoms with E-state index in [4.69, 9.17) is 0 Å². The van der Waals surface area contributed by atoms with Gasteiger partial charge < -0.3 is 5.32 Å². The molecule has 0 saturated heterocycles. The molecule has 0 unspecified atom stereocenters. The van der Waals surface area contributed by atoms with Gasteiger partial charge in [-0.25, -0.2) is 4.98 Å². The second-order valence-electron chi connectivity index (χ2n) is 3.57. The average molecular weight is 177 g/mol. The van der Waals surface area contributed by atoms with Crippen LogP contribution in [0.25, 0.3) is 0 Å². The Morgan fingerprint density at radius 2 is 2.00 bits per heavy atom. The smallest absolute Gasteiger partial charge is 0.144 e. The first-order valence-corrected chi connectivity index (χ1v) is 4.98. The Labute approximate surface area is 78.6 Å². The molecule has 0 atom stereocenters. The molecule has 2 rings (SSSR count). The molecule has 1 aliphatic carbocycles. The van der Waals surface area contributed by atoms with E-state index in [1.165, 1.54) is 32.1 Å². The van der Waals surface area contributed by atoms with Crippen LogP contribution in [0.15, 0.2) is 18.6 Å². The summed E-state index contributed by atoms with van der Waals surface area (Å²) in [7, 11) is 0. The lowest BCUT2D eigenvalue weighted by Crippen LogP contribution is -2.22. The Kier molecular flexibility index (Phi) is 2.75. The van der Waals surface area contributed by atoms with E-state index in [1.54, 1.807) is 18.6 Å². The molecule has 3 nitrogen and oxygen atoms in total. The molecular formula is C10H15N3. The van der Waals surface area contributed by atoms with Crippen molar-refractivity contribution in [2.24, 2.45) is 0 Å². The van der Waals surface area contributed by atoms with Crippen molar-refractivity contribution in [3.05, 3.63) is 18.6 Å². The minimum Gasteiger partial charge on any atom is -0.366 e. The SMILES string of the molecule is c1cnc(NC2CCCCC2)cn1. The van der Waals surface area contributed by atoms with Crippen LogP contribution in [0.5, 0.6) is 0 Å². The van der Waals surface area contributed by atoms with Gasteiger partial charge in [0.15, 0.2) is 0 Å². The van der Waals surface area contributed by atoms with Crippen molar-refractivity contribution in [3.8, 4) is 0 Å². The lowest BCUT2D eigenvalue weighted by atomic mass is 9.96. The molecule has 0 bridgehead atoms. The molecular weight excluding hydrogens is 162 g/mol. The largest absolute Gasteiger partial charge is 0.366 e. The highest BCUT2D eigenvalue weighted by Crippen LogP contribution is 2.20. The fourth-order valence-corrected chi connectivity index (χ4v) is 1.83. The first-order chi connectivity index (χ1) is 6.45. The normalized spacial score (nSPS) is 18.5. The maximum absolute atomic E-state index is 4.20. The summed E-state index contributed by atoms with van der Waals surface area (Å²) >= 11 is 0. The minimum absolute atomic E-state index is 0.616. The molecule has 1 heterocycles. The van der Waals surface area contributed by atoms with Gasteiger partial charge in [0.1, 0.15) is 5.82 Å². The van der Waals surface area contributed by atoms with Crippen molar-refractivity contribution in [1.29, 1.82) is 0 Å². The summed E-state index contributed by atoms with van der Waals surface area (Å²) in [6.07, 6.45) is 11.8. The van der Waals surface area contributed by atoms with Gasteiger partial charge in [-0.3, -0.25) is 4.98 Å². The van der Waals surface area contributed by atoms with E-state index in [0.717, 1.165) is 5.82 Å². The van der Waals surface area contributed by atoms with Gasteiger partial charge in [0.05, 0.1) is 6.20 Å². The van der Waals surface area contributed by atoms with Crippen LogP contribution in [0, 0.1) is 0 Å². The zero-order valence-corrected chi connectivity index (χ0v) is 7.74. The third kappa shape index (κ3) is 2.41. The van der Waals surface area contributed by atoms with E-state index >= 15 is 0 Å².